The van der Waals surface area contributed by atoms with Crippen LogP contribution in [0.25, 0.3) is 0 Å². The van der Waals surface area contributed by atoms with Gasteiger partial charge in [-0.1, -0.05) is 0 Å². The van der Waals surface area contributed by atoms with E-state index < -0.39 is 28.9 Å². The number of rotatable bonds is 5. The third kappa shape index (κ3) is 3.74. The first-order valence-electron chi connectivity index (χ1n) is 6.60. The lowest BCUT2D eigenvalue weighted by Gasteiger charge is -2.10. The molecule has 0 aliphatic heterocycles. The summed E-state index contributed by atoms with van der Waals surface area (Å²) in [6, 6.07) is 6.55. The number of hydrogen-bond acceptors (Lipinski definition) is 3. The van der Waals surface area contributed by atoms with Gasteiger partial charge in [0, 0.05) is 12.6 Å². The molecule has 1 amide bonds. The quantitative estimate of drug-likeness (QED) is 0.860. The smallest absolute Gasteiger partial charge is 0.254 e. The zero-order valence-corrected chi connectivity index (χ0v) is 12.5. The topological polar surface area (TPSA) is 47.6 Å². The van der Waals surface area contributed by atoms with E-state index in [0.717, 1.165) is 6.07 Å². The fraction of sp³-hybridized carbons (Fsp3) is 0.188. The van der Waals surface area contributed by atoms with E-state index in [1.165, 1.54) is 14.2 Å². The molecule has 4 nitrogen and oxygen atoms in total. The fourth-order valence-electron chi connectivity index (χ4n) is 1.95. The van der Waals surface area contributed by atoms with E-state index in [4.69, 9.17) is 9.47 Å². The van der Waals surface area contributed by atoms with Crippen LogP contribution in [0.3, 0.4) is 0 Å². The van der Waals surface area contributed by atoms with Crippen molar-refractivity contribution in [3.63, 3.8) is 0 Å². The summed E-state index contributed by atoms with van der Waals surface area (Å²) in [4.78, 5) is 11.9. The van der Waals surface area contributed by atoms with Crippen molar-refractivity contribution in [2.75, 3.05) is 14.2 Å². The minimum absolute atomic E-state index is 0.0326. The van der Waals surface area contributed by atoms with Crippen LogP contribution in [0.4, 0.5) is 13.2 Å². The van der Waals surface area contributed by atoms with E-state index in [1.54, 1.807) is 18.2 Å². The molecule has 0 heterocycles. The Hall–Kier alpha value is -2.70. The first-order valence-corrected chi connectivity index (χ1v) is 6.60. The van der Waals surface area contributed by atoms with E-state index in [-0.39, 0.29) is 6.54 Å². The first kappa shape index (κ1) is 16.7. The number of methoxy groups -OCH3 is 2. The Labute approximate surface area is 130 Å². The van der Waals surface area contributed by atoms with Gasteiger partial charge in [0.25, 0.3) is 5.91 Å². The molecule has 2 aromatic carbocycles. The van der Waals surface area contributed by atoms with Gasteiger partial charge in [0.2, 0.25) is 0 Å². The van der Waals surface area contributed by atoms with Crippen molar-refractivity contribution < 1.29 is 27.4 Å². The molecule has 0 aromatic heterocycles. The largest absolute Gasteiger partial charge is 0.497 e. The Bertz CT molecular complexity index is 713. The lowest BCUT2D eigenvalue weighted by molar-refractivity contribution is 0.0945. The van der Waals surface area contributed by atoms with Crippen LogP contribution < -0.4 is 14.8 Å². The highest BCUT2D eigenvalue weighted by Gasteiger charge is 2.18. The van der Waals surface area contributed by atoms with Crippen LogP contribution in [0.15, 0.2) is 30.3 Å². The molecule has 0 saturated heterocycles. The maximum absolute atomic E-state index is 13.6. The fourth-order valence-corrected chi connectivity index (χ4v) is 1.95. The van der Waals surface area contributed by atoms with E-state index >= 15 is 0 Å². The van der Waals surface area contributed by atoms with E-state index in [2.05, 4.69) is 5.32 Å². The van der Waals surface area contributed by atoms with Crippen molar-refractivity contribution in [1.29, 1.82) is 0 Å². The molecule has 2 aromatic rings. The van der Waals surface area contributed by atoms with Crippen LogP contribution in [0.5, 0.6) is 11.5 Å². The van der Waals surface area contributed by atoms with Gasteiger partial charge in [0.05, 0.1) is 19.8 Å². The van der Waals surface area contributed by atoms with Crippen LogP contribution in [-0.4, -0.2) is 20.1 Å². The van der Waals surface area contributed by atoms with E-state index in [9.17, 15) is 18.0 Å². The highest BCUT2D eigenvalue weighted by Crippen LogP contribution is 2.22. The summed E-state index contributed by atoms with van der Waals surface area (Å²) < 4.78 is 49.8. The third-order valence-corrected chi connectivity index (χ3v) is 3.14. The lowest BCUT2D eigenvalue weighted by Crippen LogP contribution is -2.24. The summed E-state index contributed by atoms with van der Waals surface area (Å²) in [7, 11) is 2.96. The molecule has 0 fully saturated rings. The van der Waals surface area contributed by atoms with Gasteiger partial charge >= 0.3 is 0 Å². The highest BCUT2D eigenvalue weighted by molar-refractivity contribution is 5.94. The number of carbonyl (C=O) groups excluding carboxylic acids is 1. The second-order valence-corrected chi connectivity index (χ2v) is 4.63. The second kappa shape index (κ2) is 7.04. The Morgan fingerprint density at radius 3 is 2.17 bits per heavy atom. The molecule has 23 heavy (non-hydrogen) atoms. The summed E-state index contributed by atoms with van der Waals surface area (Å²) in [5.41, 5.74) is 0.0660. The molecule has 0 radical (unpaired) electrons. The van der Waals surface area contributed by atoms with Gasteiger partial charge in [-0.05, 0) is 29.8 Å². The standard InChI is InChI=1S/C16H14F3NO3/c1-22-10-5-9(6-11(7-10)23-2)8-20-16(21)12-3-4-13(17)15(19)14(12)18/h3-7H,8H2,1-2H3,(H,20,21). The van der Waals surface area contributed by atoms with E-state index in [1.807, 2.05) is 0 Å². The molecule has 0 unspecified atom stereocenters. The number of amides is 1. The van der Waals surface area contributed by atoms with Gasteiger partial charge in [-0.25, -0.2) is 13.2 Å². The second-order valence-electron chi connectivity index (χ2n) is 4.63. The maximum atomic E-state index is 13.6. The normalized spacial score (nSPS) is 10.3. The lowest BCUT2D eigenvalue weighted by atomic mass is 10.1. The van der Waals surface area contributed by atoms with Crippen LogP contribution in [-0.2, 0) is 6.54 Å². The minimum Gasteiger partial charge on any atom is -0.497 e. The number of carbonyl (C=O) groups is 1. The molecule has 2 rings (SSSR count). The number of benzene rings is 2. The molecule has 0 aliphatic carbocycles. The van der Waals surface area contributed by atoms with Gasteiger partial charge in [-0.2, -0.15) is 0 Å². The zero-order valence-electron chi connectivity index (χ0n) is 12.5. The molecule has 0 atom stereocenters. The average molecular weight is 325 g/mol. The van der Waals surface area contributed by atoms with Gasteiger partial charge < -0.3 is 14.8 Å². The molecule has 7 heteroatoms. The molecule has 0 bridgehead atoms. The minimum atomic E-state index is -1.68. The Kier molecular flexibility index (Phi) is 5.10. The first-order chi connectivity index (χ1) is 11.0. The average Bonchev–Trinajstić information content (AvgIpc) is 2.57. The van der Waals surface area contributed by atoms with Crippen LogP contribution in [0.2, 0.25) is 0 Å². The monoisotopic (exact) mass is 325 g/mol. The van der Waals surface area contributed by atoms with Crippen LogP contribution in [0.1, 0.15) is 15.9 Å². The third-order valence-electron chi connectivity index (χ3n) is 3.14. The Morgan fingerprint density at radius 2 is 1.61 bits per heavy atom. The predicted molar refractivity (Wildman–Crippen MR) is 77.0 cm³/mol. The Morgan fingerprint density at radius 1 is 1.00 bits per heavy atom. The number of halogens is 3. The molecule has 122 valence electrons. The van der Waals surface area contributed by atoms with E-state index in [0.29, 0.717) is 23.1 Å². The maximum Gasteiger partial charge on any atom is 0.254 e. The van der Waals surface area contributed by atoms with Crippen LogP contribution >= 0.6 is 0 Å². The summed E-state index contributed by atoms with van der Waals surface area (Å²) in [5, 5.41) is 2.43. The predicted octanol–water partition coefficient (Wildman–Crippen LogP) is 3.05. The van der Waals surface area contributed by atoms with Crippen molar-refractivity contribution in [3.8, 4) is 11.5 Å². The van der Waals surface area contributed by atoms with Crippen molar-refractivity contribution in [3.05, 3.63) is 58.9 Å². The molecule has 0 saturated carbocycles. The summed E-state index contributed by atoms with van der Waals surface area (Å²) >= 11 is 0. The number of nitrogens with one attached hydrogen (secondary N) is 1. The van der Waals surface area contributed by atoms with Crippen molar-refractivity contribution >= 4 is 5.91 Å². The molecular weight excluding hydrogens is 311 g/mol. The molecular formula is C16H14F3NO3. The van der Waals surface area contributed by atoms with Gasteiger partial charge in [-0.15, -0.1) is 0 Å². The van der Waals surface area contributed by atoms with Crippen LogP contribution in [0, 0.1) is 17.5 Å². The summed E-state index contributed by atoms with van der Waals surface area (Å²) in [6.45, 7) is 0.0326. The molecule has 0 spiro atoms. The Balaban J connectivity index is 2.15. The van der Waals surface area contributed by atoms with Gasteiger partial charge in [-0.3, -0.25) is 4.79 Å². The summed E-state index contributed by atoms with van der Waals surface area (Å²) in [6.07, 6.45) is 0. The SMILES string of the molecule is COc1cc(CNC(=O)c2ccc(F)c(F)c2F)cc(OC)c1. The van der Waals surface area contributed by atoms with Crippen molar-refractivity contribution in [2.45, 2.75) is 6.54 Å². The van der Waals surface area contributed by atoms with Gasteiger partial charge in [0.1, 0.15) is 11.5 Å². The molecule has 1 N–H and O–H groups in total. The van der Waals surface area contributed by atoms with Crippen molar-refractivity contribution in [1.82, 2.24) is 5.32 Å². The summed E-state index contributed by atoms with van der Waals surface area (Å²) in [5.74, 6) is -4.37. The van der Waals surface area contributed by atoms with Crippen molar-refractivity contribution in [2.24, 2.45) is 0 Å². The zero-order chi connectivity index (χ0) is 17.0. The number of hydrogen-bond donors (Lipinski definition) is 1. The highest BCUT2D eigenvalue weighted by atomic mass is 19.2. The molecule has 0 aliphatic rings. The van der Waals surface area contributed by atoms with Gasteiger partial charge in [0.15, 0.2) is 17.5 Å². The number of ether oxygens (including phenoxy) is 2.